The molecule has 2 saturated carbocycles. The van der Waals surface area contributed by atoms with Gasteiger partial charge in [-0.25, -0.2) is 8.42 Å². The molecule has 7 heteroatoms. The summed E-state index contributed by atoms with van der Waals surface area (Å²) in [4.78, 5) is 2.87. The first kappa shape index (κ1) is 17.4. The average Bonchev–Trinajstić information content (AvgIpc) is 2.95. The highest BCUT2D eigenvalue weighted by molar-refractivity contribution is 7.91. The molecule has 23 heavy (non-hydrogen) atoms. The molecule has 0 aliphatic heterocycles. The minimum Gasteiger partial charge on any atom is -0.393 e. The predicted molar refractivity (Wildman–Crippen MR) is 92.0 cm³/mol. The highest BCUT2D eigenvalue weighted by atomic mass is 32.2. The van der Waals surface area contributed by atoms with Gasteiger partial charge in [0.1, 0.15) is 4.21 Å². The molecule has 1 aromatic heterocycles. The van der Waals surface area contributed by atoms with Crippen LogP contribution in [0.1, 0.15) is 42.9 Å². The molecular weight excluding hydrogens is 332 g/mol. The SMILES string of the molecule is CN(C)CNS(=O)(=O)c1ccc(C2CC2C(O)C2CCCC2)s1. The van der Waals surface area contributed by atoms with Crippen molar-refractivity contribution in [3.63, 3.8) is 0 Å². The zero-order chi connectivity index (χ0) is 16.6. The van der Waals surface area contributed by atoms with Crippen LogP contribution >= 0.6 is 11.3 Å². The van der Waals surface area contributed by atoms with Gasteiger partial charge in [-0.2, -0.15) is 4.72 Å². The average molecular weight is 359 g/mol. The third kappa shape index (κ3) is 3.96. The lowest BCUT2D eigenvalue weighted by molar-refractivity contribution is 0.0876. The summed E-state index contributed by atoms with van der Waals surface area (Å²) in [5.74, 6) is 1.12. The Hall–Kier alpha value is -0.470. The van der Waals surface area contributed by atoms with E-state index in [1.165, 1.54) is 24.2 Å². The third-order valence-corrected chi connectivity index (χ3v) is 8.06. The normalized spacial score (nSPS) is 26.8. The number of nitrogens with one attached hydrogen (secondary N) is 1. The molecule has 0 spiro atoms. The van der Waals surface area contributed by atoms with Crippen molar-refractivity contribution < 1.29 is 13.5 Å². The van der Waals surface area contributed by atoms with E-state index in [0.717, 1.165) is 24.1 Å². The van der Waals surface area contributed by atoms with E-state index in [2.05, 4.69) is 4.72 Å². The van der Waals surface area contributed by atoms with E-state index in [-0.39, 0.29) is 6.10 Å². The summed E-state index contributed by atoms with van der Waals surface area (Å²) >= 11 is 1.35. The number of aliphatic hydroxyl groups excluding tert-OH is 1. The summed E-state index contributed by atoms with van der Waals surface area (Å²) in [5.41, 5.74) is 0. The topological polar surface area (TPSA) is 69.6 Å². The number of nitrogens with zero attached hydrogens (tertiary/aromatic N) is 1. The van der Waals surface area contributed by atoms with Crippen LogP contribution in [0.2, 0.25) is 0 Å². The van der Waals surface area contributed by atoms with E-state index in [1.807, 2.05) is 20.2 Å². The van der Waals surface area contributed by atoms with Gasteiger partial charge in [-0.1, -0.05) is 12.8 Å². The van der Waals surface area contributed by atoms with Crippen LogP contribution < -0.4 is 4.72 Å². The fourth-order valence-electron chi connectivity index (χ4n) is 3.53. The molecule has 1 aromatic rings. The van der Waals surface area contributed by atoms with Crippen molar-refractivity contribution in [1.29, 1.82) is 0 Å². The maximum Gasteiger partial charge on any atom is 0.251 e. The molecule has 2 aliphatic rings. The molecule has 0 aromatic carbocycles. The van der Waals surface area contributed by atoms with Gasteiger partial charge in [-0.3, -0.25) is 4.90 Å². The molecule has 3 rings (SSSR count). The Kier molecular flexibility index (Phi) is 5.13. The van der Waals surface area contributed by atoms with Gasteiger partial charge in [0.15, 0.2) is 0 Å². The monoisotopic (exact) mass is 358 g/mol. The number of sulfonamides is 1. The molecule has 3 unspecified atom stereocenters. The number of hydrogen-bond acceptors (Lipinski definition) is 5. The van der Waals surface area contributed by atoms with Gasteiger partial charge in [-0.15, -0.1) is 11.3 Å². The van der Waals surface area contributed by atoms with Crippen LogP contribution in [-0.4, -0.2) is 45.3 Å². The quantitative estimate of drug-likeness (QED) is 0.733. The fourth-order valence-corrected chi connectivity index (χ4v) is 6.18. The smallest absolute Gasteiger partial charge is 0.251 e. The van der Waals surface area contributed by atoms with E-state index in [1.54, 1.807) is 11.0 Å². The molecule has 3 atom stereocenters. The molecule has 130 valence electrons. The van der Waals surface area contributed by atoms with Crippen molar-refractivity contribution in [3.8, 4) is 0 Å². The molecule has 0 saturated heterocycles. The van der Waals surface area contributed by atoms with Gasteiger partial charge in [0.05, 0.1) is 12.8 Å². The molecule has 0 amide bonds. The van der Waals surface area contributed by atoms with Crippen LogP contribution in [0, 0.1) is 11.8 Å². The van der Waals surface area contributed by atoms with Crippen LogP contribution in [0.4, 0.5) is 0 Å². The molecular formula is C16H26N2O3S2. The van der Waals surface area contributed by atoms with Crippen molar-refractivity contribution >= 4 is 21.4 Å². The largest absolute Gasteiger partial charge is 0.393 e. The highest BCUT2D eigenvalue weighted by Crippen LogP contribution is 2.54. The van der Waals surface area contributed by atoms with Crippen LogP contribution in [0.25, 0.3) is 0 Å². The first-order chi connectivity index (χ1) is 10.9. The Morgan fingerprint density at radius 3 is 2.70 bits per heavy atom. The Morgan fingerprint density at radius 2 is 2.04 bits per heavy atom. The van der Waals surface area contributed by atoms with Crippen LogP contribution in [0.3, 0.4) is 0 Å². The summed E-state index contributed by atoms with van der Waals surface area (Å²) in [7, 11) is 0.213. The third-order valence-electron chi connectivity index (χ3n) is 4.96. The minimum absolute atomic E-state index is 0.212. The van der Waals surface area contributed by atoms with E-state index >= 15 is 0 Å². The van der Waals surface area contributed by atoms with Gasteiger partial charge in [0, 0.05) is 4.88 Å². The summed E-state index contributed by atoms with van der Waals surface area (Å²) in [5, 5.41) is 10.5. The van der Waals surface area contributed by atoms with Crippen molar-refractivity contribution in [3.05, 3.63) is 17.0 Å². The van der Waals surface area contributed by atoms with Crippen molar-refractivity contribution in [2.45, 2.75) is 48.3 Å². The first-order valence-electron chi connectivity index (χ1n) is 8.30. The van der Waals surface area contributed by atoms with Crippen molar-refractivity contribution in [2.24, 2.45) is 11.8 Å². The number of aliphatic hydroxyl groups is 1. The second-order valence-electron chi connectivity index (χ2n) is 7.08. The Labute approximate surface area is 142 Å². The van der Waals surface area contributed by atoms with Gasteiger partial charge in [0.25, 0.3) is 10.0 Å². The maximum absolute atomic E-state index is 12.2. The molecule has 2 fully saturated rings. The molecule has 2 N–H and O–H groups in total. The molecule has 2 aliphatic carbocycles. The Balaban J connectivity index is 1.62. The zero-order valence-corrected chi connectivity index (χ0v) is 15.4. The van der Waals surface area contributed by atoms with E-state index in [0.29, 0.717) is 28.6 Å². The summed E-state index contributed by atoms with van der Waals surface area (Å²) in [6.45, 7) is 0.294. The molecule has 0 radical (unpaired) electrons. The lowest BCUT2D eigenvalue weighted by atomic mass is 9.96. The zero-order valence-electron chi connectivity index (χ0n) is 13.7. The van der Waals surface area contributed by atoms with E-state index in [9.17, 15) is 13.5 Å². The van der Waals surface area contributed by atoms with Crippen molar-refractivity contribution in [1.82, 2.24) is 9.62 Å². The Bertz CT molecular complexity index is 636. The van der Waals surface area contributed by atoms with Gasteiger partial charge < -0.3 is 5.11 Å². The lowest BCUT2D eigenvalue weighted by Gasteiger charge is -2.17. The highest BCUT2D eigenvalue weighted by Gasteiger charge is 2.47. The van der Waals surface area contributed by atoms with Crippen LogP contribution in [0.15, 0.2) is 16.3 Å². The summed E-state index contributed by atoms with van der Waals surface area (Å²) in [6.07, 6.45) is 5.53. The maximum atomic E-state index is 12.2. The predicted octanol–water partition coefficient (Wildman–Crippen LogP) is 2.20. The number of thiophene rings is 1. The Morgan fingerprint density at radius 1 is 1.35 bits per heavy atom. The van der Waals surface area contributed by atoms with Crippen molar-refractivity contribution in [2.75, 3.05) is 20.8 Å². The summed E-state index contributed by atoms with van der Waals surface area (Å²) in [6, 6.07) is 3.61. The van der Waals surface area contributed by atoms with E-state index in [4.69, 9.17) is 0 Å². The molecule has 1 heterocycles. The first-order valence-corrected chi connectivity index (χ1v) is 10.6. The van der Waals surface area contributed by atoms with Gasteiger partial charge in [-0.05, 0) is 63.2 Å². The lowest BCUT2D eigenvalue weighted by Crippen LogP contribution is -2.32. The van der Waals surface area contributed by atoms with E-state index < -0.39 is 10.0 Å². The van der Waals surface area contributed by atoms with Gasteiger partial charge >= 0.3 is 0 Å². The number of hydrogen-bond donors (Lipinski definition) is 2. The number of rotatable bonds is 7. The summed E-state index contributed by atoms with van der Waals surface area (Å²) < 4.78 is 27.4. The van der Waals surface area contributed by atoms with Gasteiger partial charge in [0.2, 0.25) is 0 Å². The fraction of sp³-hybridized carbons (Fsp3) is 0.750. The molecule has 0 bridgehead atoms. The standard InChI is InChI=1S/C16H26N2O3S2/c1-18(2)10-17-23(20,21)15-8-7-14(22-15)12-9-13(12)16(19)11-5-3-4-6-11/h7-8,11-13,16-17,19H,3-6,9-10H2,1-2H3. The van der Waals surface area contributed by atoms with Crippen LogP contribution in [-0.2, 0) is 10.0 Å². The molecule has 5 nitrogen and oxygen atoms in total. The van der Waals surface area contributed by atoms with Crippen LogP contribution in [0.5, 0.6) is 0 Å². The second-order valence-corrected chi connectivity index (χ2v) is 10.2. The second kappa shape index (κ2) is 6.80. The minimum atomic E-state index is -3.43.